The first kappa shape index (κ1) is 68.9. The molecule has 1 unspecified atom stereocenters. The summed E-state index contributed by atoms with van der Waals surface area (Å²) in [6.45, 7) is 28.6. The number of hydrogen-bond acceptors (Lipinski definition) is 13. The summed E-state index contributed by atoms with van der Waals surface area (Å²) in [5, 5.41) is 23.1. The van der Waals surface area contributed by atoms with Gasteiger partial charge in [-0.25, -0.2) is 4.79 Å². The Bertz CT molecular complexity index is 2400. The minimum atomic E-state index is -2.39. The molecule has 0 aliphatic carbocycles. The number of benzene rings is 1. The molecule has 3 heterocycles. The first-order chi connectivity index (χ1) is 38.1. The van der Waals surface area contributed by atoms with E-state index in [1.165, 1.54) is 47.7 Å². The molecule has 3 saturated heterocycles. The first-order valence-electron chi connectivity index (χ1n) is 29.7. The third kappa shape index (κ3) is 17.7. The number of amides is 8. The van der Waals surface area contributed by atoms with Gasteiger partial charge in [0.2, 0.25) is 41.4 Å². The Morgan fingerprint density at radius 2 is 1.50 bits per heavy atom. The maximum absolute atomic E-state index is 15.1. The van der Waals surface area contributed by atoms with Crippen molar-refractivity contribution in [1.82, 2.24) is 40.9 Å². The predicted molar refractivity (Wildman–Crippen MR) is 314 cm³/mol. The summed E-state index contributed by atoms with van der Waals surface area (Å²) in [4.78, 5) is 137. The van der Waals surface area contributed by atoms with Gasteiger partial charge in [-0.2, -0.15) is 0 Å². The molecule has 0 bridgehead atoms. The number of aliphatic hydroxyl groups excluding tert-OH is 1. The van der Waals surface area contributed by atoms with Crippen LogP contribution in [0, 0.1) is 23.7 Å². The molecule has 0 saturated carbocycles. The van der Waals surface area contributed by atoms with Gasteiger partial charge in [-0.3, -0.25) is 38.4 Å². The van der Waals surface area contributed by atoms with Crippen molar-refractivity contribution in [3.63, 3.8) is 0 Å². The molecule has 1 aromatic rings. The van der Waals surface area contributed by atoms with Gasteiger partial charge in [-0.1, -0.05) is 94.7 Å². The van der Waals surface area contributed by atoms with Crippen LogP contribution >= 0.6 is 0 Å². The van der Waals surface area contributed by atoms with Gasteiger partial charge < -0.3 is 59.9 Å². The van der Waals surface area contributed by atoms with Crippen LogP contribution in [0.15, 0.2) is 24.3 Å². The van der Waals surface area contributed by atoms with Crippen LogP contribution in [0.2, 0.25) is 18.1 Å². The van der Waals surface area contributed by atoms with Crippen molar-refractivity contribution >= 4 is 61.5 Å². The Labute approximate surface area is 488 Å². The van der Waals surface area contributed by atoms with E-state index in [0.29, 0.717) is 43.5 Å². The van der Waals surface area contributed by atoms with Gasteiger partial charge in [0, 0.05) is 33.6 Å². The molecular weight excluding hydrogens is 1070 g/mol. The molecule has 0 radical (unpaired) electrons. The second-order valence-corrected chi connectivity index (χ2v) is 30.6. The predicted octanol–water partition coefficient (Wildman–Crippen LogP) is 4.71. The maximum atomic E-state index is 15.1. The van der Waals surface area contributed by atoms with Crippen molar-refractivity contribution in [2.24, 2.45) is 23.7 Å². The molecule has 0 spiro atoms. The molecule has 5 N–H and O–H groups in total. The van der Waals surface area contributed by atoms with Crippen LogP contribution in [0.3, 0.4) is 0 Å². The summed E-state index contributed by atoms with van der Waals surface area (Å²) < 4.78 is 18.1. The highest BCUT2D eigenvalue weighted by Gasteiger charge is 2.47. The van der Waals surface area contributed by atoms with Crippen molar-refractivity contribution < 1.29 is 62.2 Å². The quantitative estimate of drug-likeness (QED) is 0.105. The first-order valence-corrected chi connectivity index (χ1v) is 32.6. The molecule has 82 heavy (non-hydrogen) atoms. The second kappa shape index (κ2) is 29.8. The fourth-order valence-electron chi connectivity index (χ4n) is 10.8. The van der Waals surface area contributed by atoms with Crippen LogP contribution in [-0.4, -0.2) is 187 Å². The van der Waals surface area contributed by atoms with Gasteiger partial charge >= 0.3 is 5.97 Å². The number of cyclic esters (lactones) is 1. The molecule has 462 valence electrons. The Kier molecular flexibility index (Phi) is 25.0. The zero-order chi connectivity index (χ0) is 61.9. The van der Waals surface area contributed by atoms with Crippen molar-refractivity contribution in [3.8, 4) is 5.75 Å². The van der Waals surface area contributed by atoms with Crippen molar-refractivity contribution in [3.05, 3.63) is 29.8 Å². The van der Waals surface area contributed by atoms with Crippen molar-refractivity contribution in [1.29, 1.82) is 0 Å². The van der Waals surface area contributed by atoms with Gasteiger partial charge in [0.1, 0.15) is 60.3 Å². The van der Waals surface area contributed by atoms with Crippen LogP contribution in [0.5, 0.6) is 5.75 Å². The molecule has 22 heteroatoms. The number of fused-ring (bicyclic) bond motifs is 1. The smallest absolute Gasteiger partial charge is 0.329 e. The molecule has 12 atom stereocenters. The third-order valence-corrected chi connectivity index (χ3v) is 21.6. The van der Waals surface area contributed by atoms with Crippen LogP contribution in [0.4, 0.5) is 0 Å². The number of carbonyl (C=O) groups is 9. The van der Waals surface area contributed by atoms with Crippen LogP contribution in [0.25, 0.3) is 0 Å². The highest BCUT2D eigenvalue weighted by atomic mass is 28.4. The zero-order valence-corrected chi connectivity index (χ0v) is 53.4. The summed E-state index contributed by atoms with van der Waals surface area (Å²) >= 11 is 0. The van der Waals surface area contributed by atoms with E-state index in [4.69, 9.17) is 13.9 Å². The van der Waals surface area contributed by atoms with Gasteiger partial charge in [-0.15, -0.1) is 0 Å². The lowest BCUT2D eigenvalue weighted by molar-refractivity contribution is -0.162. The lowest BCUT2D eigenvalue weighted by atomic mass is 9.91. The van der Waals surface area contributed by atoms with Crippen molar-refractivity contribution in [2.45, 2.75) is 233 Å². The fourth-order valence-corrected chi connectivity index (χ4v) is 12.2. The molecular formula is C60H100N8O13Si. The van der Waals surface area contributed by atoms with Gasteiger partial charge in [0.15, 0.2) is 8.32 Å². The minimum absolute atomic E-state index is 0.0796. The average molecular weight is 1170 g/mol. The number of ether oxygens (including phenoxy) is 2. The molecule has 1 aromatic carbocycles. The summed E-state index contributed by atoms with van der Waals surface area (Å²) in [5.41, 5.74) is 0.611. The largest absolute Gasteiger partial charge is 0.497 e. The fraction of sp³-hybridized carbons (Fsp3) is 0.750. The number of nitrogens with one attached hydrogen (secondary N) is 4. The Balaban J connectivity index is 1.84. The van der Waals surface area contributed by atoms with E-state index in [1.54, 1.807) is 52.0 Å². The maximum Gasteiger partial charge on any atom is 0.329 e. The Morgan fingerprint density at radius 1 is 0.878 bits per heavy atom. The summed E-state index contributed by atoms with van der Waals surface area (Å²) in [7, 11) is 2.05. The van der Waals surface area contributed by atoms with E-state index >= 15 is 14.4 Å². The standard InChI is InChI=1S/C60H100N8O13Si/c1-19-37(8)50-47(69)33-48(70)62-49(36(6)7)53(72)61-42(30-34(2)3)56(75)68-29-21-23-44(68)58(77)66(15)46(32-40-24-26-41(79-16)27-25-40)59(78)80-38(9)51(54(73)63-50)64-52(71)45(31-35(4)5)65(14)57(76)43-22-20-28-67(43)55(74)39(10)81-82(17,18)60(11,12)13/h24-27,34-39,42-47,49-51,69H,19-23,28-33H2,1-18H3,(H,61,72)(H,62,70)(H,63,73)(H,64,71)/t37-,38+,39+,42-,43?,44-,45+,46-,47-,49-,50+,51-/m0/s1. The van der Waals surface area contributed by atoms with E-state index in [-0.39, 0.29) is 55.0 Å². The highest BCUT2D eigenvalue weighted by Crippen LogP contribution is 2.38. The average Bonchev–Trinajstić information content (AvgIpc) is 4.29. The molecule has 4 rings (SSSR count). The lowest BCUT2D eigenvalue weighted by Crippen LogP contribution is -2.62. The molecule has 0 aromatic heterocycles. The second-order valence-electron chi connectivity index (χ2n) is 25.8. The summed E-state index contributed by atoms with van der Waals surface area (Å²) in [6.07, 6.45) is -2.16. The molecule has 8 amide bonds. The Morgan fingerprint density at radius 3 is 2.06 bits per heavy atom. The number of esters is 1. The molecule has 21 nitrogen and oxygen atoms in total. The van der Waals surface area contributed by atoms with E-state index in [1.807, 2.05) is 34.6 Å². The number of hydrogen-bond donors (Lipinski definition) is 5. The normalized spacial score (nSPS) is 26.3. The van der Waals surface area contributed by atoms with Crippen molar-refractivity contribution in [2.75, 3.05) is 34.3 Å². The summed E-state index contributed by atoms with van der Waals surface area (Å²) in [6, 6.07) is -2.70. The molecule has 3 fully saturated rings. The monoisotopic (exact) mass is 1170 g/mol. The van der Waals surface area contributed by atoms with Crippen LogP contribution in [-0.2, 0) is 58.7 Å². The number of aliphatic hydroxyl groups is 1. The number of likely N-dealkylation sites (N-methyl/N-ethyl adjacent to an activating group) is 2. The number of carbonyl (C=O) groups excluding carboxylic acids is 9. The number of methoxy groups -OCH3 is 1. The van der Waals surface area contributed by atoms with Crippen LogP contribution in [0.1, 0.15) is 147 Å². The zero-order valence-electron chi connectivity index (χ0n) is 52.4. The summed E-state index contributed by atoms with van der Waals surface area (Å²) in [5.74, 6) is -6.51. The van der Waals surface area contributed by atoms with Gasteiger partial charge in [0.25, 0.3) is 5.91 Å². The molecule has 3 aliphatic rings. The third-order valence-electron chi connectivity index (χ3n) is 17.1. The van der Waals surface area contributed by atoms with Gasteiger partial charge in [-0.05, 0) is 112 Å². The topological polar surface area (TPSA) is 263 Å². The van der Waals surface area contributed by atoms with Gasteiger partial charge in [0.05, 0.1) is 25.7 Å². The number of nitrogens with zero attached hydrogens (tertiary/aromatic N) is 4. The molecule has 3 aliphatic heterocycles. The Hall–Kier alpha value is -5.61. The highest BCUT2D eigenvalue weighted by molar-refractivity contribution is 6.74. The van der Waals surface area contributed by atoms with E-state index < -0.39 is 141 Å². The lowest BCUT2D eigenvalue weighted by Gasteiger charge is -2.39. The van der Waals surface area contributed by atoms with E-state index in [0.717, 1.165) is 0 Å². The number of rotatable bonds is 17. The van der Waals surface area contributed by atoms with Crippen LogP contribution < -0.4 is 26.0 Å². The van der Waals surface area contributed by atoms with E-state index in [9.17, 15) is 33.9 Å². The number of likely N-dealkylation sites (tertiary alicyclic amines) is 1. The minimum Gasteiger partial charge on any atom is -0.497 e. The SMILES string of the molecule is CC[C@H](C)[C@H]1NC(=O)[C@@H](NC(=O)[C@@H](CC(C)C)N(C)C(=O)C2CCCN2C(=O)[C@@H](C)O[Si](C)(C)C(C)(C)C)[C@@H](C)OC(=O)[C@H](Cc2ccc(OC)cc2)N(C)C(=O)[C@@H]2CCCN2C(=O)[C@H](CC(C)C)NC(=O)[C@H](C(C)C)NC(=O)C[C@@H]1O. The van der Waals surface area contributed by atoms with E-state index in [2.05, 4.69) is 55.1 Å².